The number of imidazole rings is 1. The molecule has 1 aromatic heterocycles. The number of nitrogens with zero attached hydrogens (tertiary/aromatic N) is 3. The fraction of sp³-hybridized carbons (Fsp3) is 0.474. The van der Waals surface area contributed by atoms with Crippen LogP contribution in [-0.2, 0) is 33.0 Å². The number of hydrogen-bond acceptors (Lipinski definition) is 5. The van der Waals surface area contributed by atoms with Crippen LogP contribution in [0.3, 0.4) is 0 Å². The van der Waals surface area contributed by atoms with Crippen molar-refractivity contribution in [3.05, 3.63) is 48.4 Å². The van der Waals surface area contributed by atoms with Crippen molar-refractivity contribution < 1.29 is 36.2 Å². The summed E-state index contributed by atoms with van der Waals surface area (Å²) in [5.41, 5.74) is 1.11. The average molecular weight is 463 g/mol. The standard InChI is InChI=1S/C17H23N3O3S.C2HF3O2/c1-3-23-16-9-10-20(15(16)11-14-7-5-4-6-8-14)24(21,22)17-12-19(2)13-18-17;3-2(4,5)1(6)7/h4-8,12-13,15-16H,3,9-11H2,1-2H3;(H,6,7)/t15-,16-;/m0./s1. The lowest BCUT2D eigenvalue weighted by atomic mass is 10.0. The summed E-state index contributed by atoms with van der Waals surface area (Å²) in [5, 5.41) is 7.22. The molecule has 2 heterocycles. The highest BCUT2D eigenvalue weighted by molar-refractivity contribution is 7.89. The van der Waals surface area contributed by atoms with Crippen LogP contribution in [-0.4, -0.2) is 64.8 Å². The lowest BCUT2D eigenvalue weighted by Gasteiger charge is -2.27. The quantitative estimate of drug-likeness (QED) is 0.706. The first-order valence-electron chi connectivity index (χ1n) is 9.42. The summed E-state index contributed by atoms with van der Waals surface area (Å²) in [5.74, 6) is -2.76. The molecule has 1 N–H and O–H groups in total. The first-order valence-corrected chi connectivity index (χ1v) is 10.9. The maximum Gasteiger partial charge on any atom is 0.490 e. The zero-order chi connectivity index (χ0) is 23.2. The van der Waals surface area contributed by atoms with Gasteiger partial charge < -0.3 is 14.4 Å². The van der Waals surface area contributed by atoms with E-state index in [4.69, 9.17) is 14.6 Å². The number of carboxylic acid groups (broad SMARTS) is 1. The van der Waals surface area contributed by atoms with E-state index in [1.165, 1.54) is 6.33 Å². The van der Waals surface area contributed by atoms with Crippen molar-refractivity contribution >= 4 is 16.0 Å². The molecule has 1 aliphatic rings. The third kappa shape index (κ3) is 6.52. The normalized spacial score (nSPS) is 19.6. The Labute approximate surface area is 178 Å². The Bertz CT molecular complexity index is 964. The fourth-order valence-electron chi connectivity index (χ4n) is 3.24. The van der Waals surface area contributed by atoms with Gasteiger partial charge in [-0.05, 0) is 25.3 Å². The molecule has 1 aromatic carbocycles. The van der Waals surface area contributed by atoms with Gasteiger partial charge in [-0.3, -0.25) is 0 Å². The van der Waals surface area contributed by atoms with Gasteiger partial charge in [0.25, 0.3) is 10.0 Å². The summed E-state index contributed by atoms with van der Waals surface area (Å²) in [6, 6.07) is 9.73. The zero-order valence-corrected chi connectivity index (χ0v) is 17.8. The molecule has 3 rings (SSSR count). The second-order valence-electron chi connectivity index (χ2n) is 6.84. The van der Waals surface area contributed by atoms with Crippen LogP contribution >= 0.6 is 0 Å². The molecule has 8 nitrogen and oxygen atoms in total. The molecule has 12 heteroatoms. The van der Waals surface area contributed by atoms with Crippen molar-refractivity contribution in [2.24, 2.45) is 7.05 Å². The number of carbonyl (C=O) groups is 1. The van der Waals surface area contributed by atoms with E-state index in [0.717, 1.165) is 5.56 Å². The Balaban J connectivity index is 0.000000423. The number of sulfonamides is 1. The van der Waals surface area contributed by atoms with Gasteiger partial charge in [0.05, 0.1) is 18.5 Å². The third-order valence-electron chi connectivity index (χ3n) is 4.60. The molecule has 1 aliphatic heterocycles. The topological polar surface area (TPSA) is 102 Å². The van der Waals surface area contributed by atoms with Crippen molar-refractivity contribution in [2.75, 3.05) is 13.2 Å². The van der Waals surface area contributed by atoms with Gasteiger partial charge in [0.2, 0.25) is 0 Å². The Kier molecular flexibility index (Phi) is 8.21. The summed E-state index contributed by atoms with van der Waals surface area (Å²) in [4.78, 5) is 12.9. The smallest absolute Gasteiger partial charge is 0.475 e. The van der Waals surface area contributed by atoms with Gasteiger partial charge in [0, 0.05) is 26.4 Å². The number of ether oxygens (including phenoxy) is 1. The molecule has 0 unspecified atom stereocenters. The molecular formula is C19H24F3N3O5S. The van der Waals surface area contributed by atoms with Crippen LogP contribution in [0.4, 0.5) is 13.2 Å². The Morgan fingerprint density at radius 2 is 1.90 bits per heavy atom. The molecule has 1 fully saturated rings. The molecule has 0 spiro atoms. The van der Waals surface area contributed by atoms with Gasteiger partial charge in [-0.2, -0.15) is 17.5 Å². The second-order valence-corrected chi connectivity index (χ2v) is 8.67. The van der Waals surface area contributed by atoms with Crippen molar-refractivity contribution in [3.8, 4) is 0 Å². The van der Waals surface area contributed by atoms with E-state index >= 15 is 0 Å². The molecule has 0 saturated carbocycles. The van der Waals surface area contributed by atoms with Crippen LogP contribution in [0.2, 0.25) is 0 Å². The largest absolute Gasteiger partial charge is 0.490 e. The number of hydrogen-bond donors (Lipinski definition) is 1. The average Bonchev–Trinajstić information content (AvgIpc) is 3.30. The molecule has 2 aromatic rings. The fourth-order valence-corrected chi connectivity index (χ4v) is 4.87. The van der Waals surface area contributed by atoms with Gasteiger partial charge >= 0.3 is 12.1 Å². The minimum atomic E-state index is -5.08. The van der Waals surface area contributed by atoms with Crippen molar-refractivity contribution in [1.82, 2.24) is 13.9 Å². The SMILES string of the molecule is CCO[C@H]1CCN(S(=O)(=O)c2cn(C)cn2)[C@H]1Cc1ccccc1.O=C(O)C(F)(F)F. The Morgan fingerprint density at radius 3 is 2.39 bits per heavy atom. The number of benzene rings is 1. The zero-order valence-electron chi connectivity index (χ0n) is 17.0. The van der Waals surface area contributed by atoms with Crippen LogP contribution in [0.5, 0.6) is 0 Å². The molecule has 1 saturated heterocycles. The van der Waals surface area contributed by atoms with E-state index in [2.05, 4.69) is 4.98 Å². The Morgan fingerprint density at radius 1 is 1.29 bits per heavy atom. The van der Waals surface area contributed by atoms with Crippen molar-refractivity contribution in [2.45, 2.75) is 43.1 Å². The van der Waals surface area contributed by atoms with Gasteiger partial charge in [0.1, 0.15) is 0 Å². The van der Waals surface area contributed by atoms with Crippen LogP contribution in [0, 0.1) is 0 Å². The summed E-state index contributed by atoms with van der Waals surface area (Å²) >= 11 is 0. The van der Waals surface area contributed by atoms with Crippen molar-refractivity contribution in [3.63, 3.8) is 0 Å². The molecule has 0 aliphatic carbocycles. The molecule has 31 heavy (non-hydrogen) atoms. The van der Waals surface area contributed by atoms with Crippen LogP contribution in [0.15, 0.2) is 47.9 Å². The first kappa shape index (κ1) is 24.8. The van der Waals surface area contributed by atoms with Gasteiger partial charge in [0.15, 0.2) is 5.03 Å². The summed E-state index contributed by atoms with van der Waals surface area (Å²) < 4.78 is 66.8. The summed E-state index contributed by atoms with van der Waals surface area (Å²) in [7, 11) is -1.85. The summed E-state index contributed by atoms with van der Waals surface area (Å²) in [6.45, 7) is 2.98. The van der Waals surface area contributed by atoms with Crippen molar-refractivity contribution in [1.29, 1.82) is 0 Å². The molecular weight excluding hydrogens is 439 g/mol. The number of halogens is 3. The maximum atomic E-state index is 13.0. The highest BCUT2D eigenvalue weighted by atomic mass is 32.2. The van der Waals surface area contributed by atoms with Gasteiger partial charge in [-0.1, -0.05) is 30.3 Å². The van der Waals surface area contributed by atoms with Crippen LogP contribution in [0.25, 0.3) is 0 Å². The minimum Gasteiger partial charge on any atom is -0.475 e. The number of aromatic nitrogens is 2. The third-order valence-corrected chi connectivity index (χ3v) is 6.41. The number of carboxylic acids is 1. The number of aryl methyl sites for hydroxylation is 1. The molecule has 172 valence electrons. The highest BCUT2D eigenvalue weighted by Gasteiger charge is 2.42. The van der Waals surface area contributed by atoms with Gasteiger partial charge in [-0.15, -0.1) is 0 Å². The maximum absolute atomic E-state index is 13.0. The summed E-state index contributed by atoms with van der Waals surface area (Å²) in [6.07, 6.45) is -0.777. The first-order chi connectivity index (χ1) is 14.5. The Hall–Kier alpha value is -2.44. The minimum absolute atomic E-state index is 0.0892. The molecule has 0 bridgehead atoms. The lowest BCUT2D eigenvalue weighted by Crippen LogP contribution is -2.42. The van der Waals surface area contributed by atoms with E-state index in [1.54, 1.807) is 22.1 Å². The number of aliphatic carboxylic acids is 1. The molecule has 0 amide bonds. The molecule has 0 radical (unpaired) electrons. The predicted octanol–water partition coefficient (Wildman–Crippen LogP) is 2.46. The highest BCUT2D eigenvalue weighted by Crippen LogP contribution is 2.29. The van der Waals surface area contributed by atoms with E-state index in [9.17, 15) is 21.6 Å². The van der Waals surface area contributed by atoms with E-state index in [0.29, 0.717) is 26.0 Å². The number of rotatable bonds is 6. The molecule has 2 atom stereocenters. The second kappa shape index (κ2) is 10.2. The van der Waals surface area contributed by atoms with E-state index in [1.807, 2.05) is 37.3 Å². The van der Waals surface area contributed by atoms with Gasteiger partial charge in [-0.25, -0.2) is 18.2 Å². The van der Waals surface area contributed by atoms with Crippen LogP contribution in [0.1, 0.15) is 18.9 Å². The number of alkyl halides is 3. The predicted molar refractivity (Wildman–Crippen MR) is 105 cm³/mol. The monoisotopic (exact) mass is 463 g/mol. The lowest BCUT2D eigenvalue weighted by molar-refractivity contribution is -0.192. The van der Waals surface area contributed by atoms with Crippen LogP contribution < -0.4 is 0 Å². The van der Waals surface area contributed by atoms with E-state index < -0.39 is 22.2 Å². The van der Waals surface area contributed by atoms with E-state index in [-0.39, 0.29) is 17.2 Å².